The van der Waals surface area contributed by atoms with Crippen LogP contribution in [0.4, 0.5) is 0 Å². The second-order valence-electron chi connectivity index (χ2n) is 9.05. The molecule has 0 bridgehead atoms. The first-order valence-corrected chi connectivity index (χ1v) is 8.28. The quantitative estimate of drug-likeness (QED) is 0.746. The molecule has 0 aromatic heterocycles. The fraction of sp³-hybridized carbons (Fsp3) is 1.00. The summed E-state index contributed by atoms with van der Waals surface area (Å²) >= 11 is 0. The molecule has 0 saturated heterocycles. The minimum absolute atomic E-state index is 0.485. The van der Waals surface area contributed by atoms with Gasteiger partial charge in [-0.2, -0.15) is 0 Å². The smallest absolute Gasteiger partial charge is 0.00209 e. The normalized spacial score (nSPS) is 29.5. The van der Waals surface area contributed by atoms with E-state index in [4.69, 9.17) is 0 Å². The Morgan fingerprint density at radius 3 is 2.05 bits per heavy atom. The van der Waals surface area contributed by atoms with Crippen molar-refractivity contribution in [1.29, 1.82) is 0 Å². The standard InChI is InChI=1S/C18H37N/c1-17(2,3)11-10-14-12-16(18(4,5)6)9-8-15(14)13-19-7/h14-16,19H,8-13H2,1-7H3. The summed E-state index contributed by atoms with van der Waals surface area (Å²) in [5, 5.41) is 3.42. The van der Waals surface area contributed by atoms with Crippen molar-refractivity contribution < 1.29 is 0 Å². The van der Waals surface area contributed by atoms with Gasteiger partial charge in [0.25, 0.3) is 0 Å². The topological polar surface area (TPSA) is 12.0 Å². The van der Waals surface area contributed by atoms with Crippen molar-refractivity contribution in [2.45, 2.75) is 73.6 Å². The largest absolute Gasteiger partial charge is 0.319 e. The fourth-order valence-electron chi connectivity index (χ4n) is 3.62. The molecule has 1 saturated carbocycles. The summed E-state index contributed by atoms with van der Waals surface area (Å²) in [5.74, 6) is 2.76. The van der Waals surface area contributed by atoms with Gasteiger partial charge in [-0.15, -0.1) is 0 Å². The fourth-order valence-corrected chi connectivity index (χ4v) is 3.62. The van der Waals surface area contributed by atoms with Gasteiger partial charge in [-0.25, -0.2) is 0 Å². The monoisotopic (exact) mass is 267 g/mol. The Morgan fingerprint density at radius 1 is 0.947 bits per heavy atom. The third-order valence-electron chi connectivity index (χ3n) is 5.10. The van der Waals surface area contributed by atoms with E-state index in [0.29, 0.717) is 10.8 Å². The van der Waals surface area contributed by atoms with E-state index in [1.807, 2.05) is 0 Å². The molecular weight excluding hydrogens is 230 g/mol. The maximum Gasteiger partial charge on any atom is -0.00209 e. The van der Waals surface area contributed by atoms with E-state index >= 15 is 0 Å². The van der Waals surface area contributed by atoms with Crippen molar-refractivity contribution in [1.82, 2.24) is 5.32 Å². The minimum Gasteiger partial charge on any atom is -0.319 e. The minimum atomic E-state index is 0.485. The van der Waals surface area contributed by atoms with E-state index in [1.165, 1.54) is 38.6 Å². The molecule has 0 aromatic rings. The van der Waals surface area contributed by atoms with Crippen LogP contribution in [0.3, 0.4) is 0 Å². The van der Waals surface area contributed by atoms with Crippen molar-refractivity contribution in [2.75, 3.05) is 13.6 Å². The van der Waals surface area contributed by atoms with Gasteiger partial charge in [-0.05, 0) is 74.3 Å². The number of rotatable bonds is 4. The highest BCUT2D eigenvalue weighted by Crippen LogP contribution is 2.44. The Kier molecular flexibility index (Phi) is 5.92. The van der Waals surface area contributed by atoms with Gasteiger partial charge < -0.3 is 5.32 Å². The molecule has 0 radical (unpaired) electrons. The third kappa shape index (κ3) is 5.85. The SMILES string of the molecule is CNCC1CCC(C(C)(C)C)CC1CCC(C)(C)C. The molecule has 0 spiro atoms. The van der Waals surface area contributed by atoms with Crippen molar-refractivity contribution in [3.05, 3.63) is 0 Å². The molecule has 1 rings (SSSR count). The predicted octanol–water partition coefficient (Wildman–Crippen LogP) is 5.11. The van der Waals surface area contributed by atoms with Crippen LogP contribution in [-0.2, 0) is 0 Å². The summed E-state index contributed by atoms with van der Waals surface area (Å²) < 4.78 is 0. The second-order valence-corrected chi connectivity index (χ2v) is 9.05. The first-order chi connectivity index (χ1) is 8.63. The van der Waals surface area contributed by atoms with Gasteiger partial charge in [-0.1, -0.05) is 41.5 Å². The van der Waals surface area contributed by atoms with E-state index in [1.54, 1.807) is 0 Å². The van der Waals surface area contributed by atoms with E-state index < -0.39 is 0 Å². The highest BCUT2D eigenvalue weighted by molar-refractivity contribution is 4.87. The summed E-state index contributed by atoms with van der Waals surface area (Å²) in [6.07, 6.45) is 7.10. The van der Waals surface area contributed by atoms with Crippen molar-refractivity contribution in [3.63, 3.8) is 0 Å². The van der Waals surface area contributed by atoms with E-state index in [-0.39, 0.29) is 0 Å². The molecule has 0 aliphatic heterocycles. The van der Waals surface area contributed by atoms with E-state index in [0.717, 1.165) is 17.8 Å². The Balaban J connectivity index is 2.62. The molecule has 114 valence electrons. The molecule has 0 aromatic carbocycles. The molecule has 3 atom stereocenters. The summed E-state index contributed by atoms with van der Waals surface area (Å²) in [6, 6.07) is 0. The average molecular weight is 268 g/mol. The van der Waals surface area contributed by atoms with Gasteiger partial charge in [0.15, 0.2) is 0 Å². The number of nitrogens with one attached hydrogen (secondary N) is 1. The highest BCUT2D eigenvalue weighted by atomic mass is 14.8. The van der Waals surface area contributed by atoms with E-state index in [2.05, 4.69) is 53.9 Å². The summed E-state index contributed by atoms with van der Waals surface area (Å²) in [6.45, 7) is 15.6. The van der Waals surface area contributed by atoms with Gasteiger partial charge in [0, 0.05) is 0 Å². The molecule has 0 heterocycles. The molecule has 19 heavy (non-hydrogen) atoms. The lowest BCUT2D eigenvalue weighted by Crippen LogP contribution is -2.36. The molecule has 1 aliphatic rings. The lowest BCUT2D eigenvalue weighted by Gasteiger charge is -2.42. The first kappa shape index (κ1) is 17.0. The average Bonchev–Trinajstić information content (AvgIpc) is 2.25. The third-order valence-corrected chi connectivity index (χ3v) is 5.10. The summed E-state index contributed by atoms with van der Waals surface area (Å²) in [7, 11) is 2.11. The highest BCUT2D eigenvalue weighted by Gasteiger charge is 2.35. The van der Waals surface area contributed by atoms with Gasteiger partial charge >= 0.3 is 0 Å². The zero-order valence-corrected chi connectivity index (χ0v) is 14.5. The molecule has 1 heteroatoms. The van der Waals surface area contributed by atoms with Crippen LogP contribution in [0.2, 0.25) is 0 Å². The van der Waals surface area contributed by atoms with Crippen LogP contribution in [0.15, 0.2) is 0 Å². The Labute approximate surface area is 121 Å². The van der Waals surface area contributed by atoms with Crippen molar-refractivity contribution in [2.24, 2.45) is 28.6 Å². The molecule has 3 unspecified atom stereocenters. The van der Waals surface area contributed by atoms with Gasteiger partial charge in [0.05, 0.1) is 0 Å². The van der Waals surface area contributed by atoms with Crippen molar-refractivity contribution >= 4 is 0 Å². The van der Waals surface area contributed by atoms with Gasteiger partial charge in [0.2, 0.25) is 0 Å². The summed E-state index contributed by atoms with van der Waals surface area (Å²) in [4.78, 5) is 0. The van der Waals surface area contributed by atoms with Crippen LogP contribution in [0, 0.1) is 28.6 Å². The van der Waals surface area contributed by atoms with Crippen LogP contribution in [0.5, 0.6) is 0 Å². The zero-order chi connectivity index (χ0) is 14.7. The second kappa shape index (κ2) is 6.61. The van der Waals surface area contributed by atoms with Gasteiger partial charge in [-0.3, -0.25) is 0 Å². The van der Waals surface area contributed by atoms with Crippen LogP contribution < -0.4 is 5.32 Å². The predicted molar refractivity (Wildman–Crippen MR) is 86.4 cm³/mol. The molecule has 0 amide bonds. The molecule has 1 fully saturated rings. The maximum absolute atomic E-state index is 3.42. The van der Waals surface area contributed by atoms with Crippen LogP contribution in [-0.4, -0.2) is 13.6 Å². The Hall–Kier alpha value is -0.0400. The zero-order valence-electron chi connectivity index (χ0n) is 14.5. The number of hydrogen-bond donors (Lipinski definition) is 1. The molecular formula is C18H37N. The molecule has 1 aliphatic carbocycles. The number of hydrogen-bond acceptors (Lipinski definition) is 1. The molecule has 1 nitrogen and oxygen atoms in total. The van der Waals surface area contributed by atoms with Crippen LogP contribution in [0.1, 0.15) is 73.6 Å². The first-order valence-electron chi connectivity index (χ1n) is 8.28. The van der Waals surface area contributed by atoms with E-state index in [9.17, 15) is 0 Å². The Bertz CT molecular complexity index is 256. The summed E-state index contributed by atoms with van der Waals surface area (Å²) in [5.41, 5.74) is 0.976. The lowest BCUT2D eigenvalue weighted by atomic mass is 9.64. The van der Waals surface area contributed by atoms with Crippen molar-refractivity contribution in [3.8, 4) is 0 Å². The molecule has 1 N–H and O–H groups in total. The van der Waals surface area contributed by atoms with Gasteiger partial charge in [0.1, 0.15) is 0 Å². The van der Waals surface area contributed by atoms with Crippen LogP contribution in [0.25, 0.3) is 0 Å². The van der Waals surface area contributed by atoms with Crippen LogP contribution >= 0.6 is 0 Å². The lowest BCUT2D eigenvalue weighted by molar-refractivity contribution is 0.0865. The maximum atomic E-state index is 3.42. The Morgan fingerprint density at radius 2 is 1.58 bits per heavy atom.